The highest BCUT2D eigenvalue weighted by Gasteiger charge is 2.37. The molecule has 5 nitrogen and oxygen atoms in total. The van der Waals surface area contributed by atoms with Gasteiger partial charge in [-0.1, -0.05) is 28.9 Å². The fraction of sp³-hybridized carbons (Fsp3) is 0.250. The van der Waals surface area contributed by atoms with Crippen LogP contribution in [0, 0.1) is 6.92 Å². The first-order valence-corrected chi connectivity index (χ1v) is 8.91. The van der Waals surface area contributed by atoms with Crippen LogP contribution in [0.25, 0.3) is 11.4 Å². The number of carbonyl (C=O) groups excluding carboxylic acids is 1. The van der Waals surface area contributed by atoms with E-state index in [0.29, 0.717) is 23.5 Å². The van der Waals surface area contributed by atoms with Crippen molar-refractivity contribution >= 4 is 11.6 Å². The fourth-order valence-corrected chi connectivity index (χ4v) is 2.73. The number of nitrogens with one attached hydrogen (secondary N) is 1. The van der Waals surface area contributed by atoms with Crippen LogP contribution in [-0.2, 0) is 23.6 Å². The molecule has 31 heavy (non-hydrogen) atoms. The molecule has 0 aliphatic heterocycles. The second-order valence-corrected chi connectivity index (χ2v) is 6.72. The maximum Gasteiger partial charge on any atom is 0.416 e. The zero-order valence-electron chi connectivity index (χ0n) is 15.9. The molecule has 0 saturated carbocycles. The largest absolute Gasteiger partial charge is 0.416 e. The summed E-state index contributed by atoms with van der Waals surface area (Å²) in [5.74, 6) is -0.402. The Balaban J connectivity index is 1.69. The van der Waals surface area contributed by atoms with Gasteiger partial charge in [0, 0.05) is 24.1 Å². The predicted molar refractivity (Wildman–Crippen MR) is 97.9 cm³/mol. The monoisotopic (exact) mass is 443 g/mol. The second-order valence-electron chi connectivity index (χ2n) is 6.72. The number of hydrogen-bond donors (Lipinski definition) is 1. The van der Waals surface area contributed by atoms with Gasteiger partial charge in [-0.3, -0.25) is 4.79 Å². The molecule has 0 unspecified atom stereocenters. The molecule has 0 atom stereocenters. The molecule has 3 aromatic rings. The lowest BCUT2D eigenvalue weighted by Crippen LogP contribution is -2.16. The van der Waals surface area contributed by atoms with Gasteiger partial charge in [-0.2, -0.15) is 31.3 Å². The van der Waals surface area contributed by atoms with Gasteiger partial charge in [-0.05, 0) is 31.2 Å². The third-order valence-corrected chi connectivity index (χ3v) is 4.18. The molecule has 0 radical (unpaired) electrons. The van der Waals surface area contributed by atoms with Gasteiger partial charge in [0.1, 0.15) is 0 Å². The molecule has 0 saturated heterocycles. The number of anilines is 1. The summed E-state index contributed by atoms with van der Waals surface area (Å²) in [4.78, 5) is 16.2. The van der Waals surface area contributed by atoms with Gasteiger partial charge in [-0.15, -0.1) is 0 Å². The van der Waals surface area contributed by atoms with Crippen molar-refractivity contribution in [3.05, 3.63) is 65.0 Å². The number of aryl methyl sites for hydroxylation is 2. The Kier molecular flexibility index (Phi) is 6.05. The molecule has 164 valence electrons. The van der Waals surface area contributed by atoms with E-state index in [9.17, 15) is 31.1 Å². The zero-order chi connectivity index (χ0) is 22.8. The van der Waals surface area contributed by atoms with Gasteiger partial charge < -0.3 is 9.84 Å². The molecule has 1 aromatic heterocycles. The van der Waals surface area contributed by atoms with Gasteiger partial charge >= 0.3 is 12.4 Å². The molecule has 3 rings (SSSR count). The lowest BCUT2D eigenvalue weighted by Gasteiger charge is -2.14. The molecule has 2 aromatic carbocycles. The molecule has 0 bridgehead atoms. The molecule has 0 fully saturated rings. The minimum absolute atomic E-state index is 0.0130. The number of benzene rings is 2. The third kappa shape index (κ3) is 5.83. The smallest absolute Gasteiger partial charge is 0.339 e. The van der Waals surface area contributed by atoms with Crippen molar-refractivity contribution in [2.45, 2.75) is 32.1 Å². The van der Waals surface area contributed by atoms with Gasteiger partial charge in [0.05, 0.1) is 11.1 Å². The first kappa shape index (κ1) is 22.3. The topological polar surface area (TPSA) is 68.0 Å². The van der Waals surface area contributed by atoms with Crippen LogP contribution in [0.2, 0.25) is 0 Å². The molecular weight excluding hydrogens is 428 g/mol. The lowest BCUT2D eigenvalue weighted by atomic mass is 10.1. The molecule has 0 spiro atoms. The highest BCUT2D eigenvalue weighted by atomic mass is 19.4. The van der Waals surface area contributed by atoms with E-state index in [-0.39, 0.29) is 24.8 Å². The number of rotatable bonds is 5. The average molecular weight is 443 g/mol. The Morgan fingerprint density at radius 2 is 1.65 bits per heavy atom. The molecular formula is C20H15F6N3O2. The molecule has 0 aliphatic carbocycles. The van der Waals surface area contributed by atoms with Crippen LogP contribution in [0.4, 0.5) is 32.0 Å². The summed E-state index contributed by atoms with van der Waals surface area (Å²) in [6, 6.07) is 8.14. The Bertz CT molecular complexity index is 1060. The fourth-order valence-electron chi connectivity index (χ4n) is 2.73. The Hall–Kier alpha value is -3.37. The summed E-state index contributed by atoms with van der Waals surface area (Å²) in [6.07, 6.45) is -10.3. The Morgan fingerprint density at radius 1 is 1.00 bits per heavy atom. The SMILES string of the molecule is Cc1cccc(-c2noc(CCC(=O)Nc3cc(C(F)(F)F)cc(C(F)(F)F)c3)n2)c1. The summed E-state index contributed by atoms with van der Waals surface area (Å²) >= 11 is 0. The molecule has 11 heteroatoms. The molecule has 1 heterocycles. The van der Waals surface area contributed by atoms with Gasteiger partial charge in [0.25, 0.3) is 0 Å². The maximum atomic E-state index is 12.9. The first-order chi connectivity index (χ1) is 14.4. The summed E-state index contributed by atoms with van der Waals surface area (Å²) in [5, 5.41) is 5.85. The zero-order valence-corrected chi connectivity index (χ0v) is 15.9. The van der Waals surface area contributed by atoms with Crippen molar-refractivity contribution < 1.29 is 35.7 Å². The van der Waals surface area contributed by atoms with Gasteiger partial charge in [0.15, 0.2) is 0 Å². The lowest BCUT2D eigenvalue weighted by molar-refractivity contribution is -0.143. The highest BCUT2D eigenvalue weighted by Crippen LogP contribution is 2.37. The van der Waals surface area contributed by atoms with Crippen LogP contribution >= 0.6 is 0 Å². The van der Waals surface area contributed by atoms with E-state index >= 15 is 0 Å². The minimum Gasteiger partial charge on any atom is -0.339 e. The highest BCUT2D eigenvalue weighted by molar-refractivity contribution is 5.91. The summed E-state index contributed by atoms with van der Waals surface area (Å²) < 4.78 is 82.5. The van der Waals surface area contributed by atoms with E-state index in [1.165, 1.54) is 0 Å². The molecule has 1 N–H and O–H groups in total. The first-order valence-electron chi connectivity index (χ1n) is 8.91. The van der Waals surface area contributed by atoms with Crippen molar-refractivity contribution in [3.8, 4) is 11.4 Å². The van der Waals surface area contributed by atoms with E-state index in [4.69, 9.17) is 4.52 Å². The number of amides is 1. The second kappa shape index (κ2) is 8.40. The average Bonchev–Trinajstić information content (AvgIpc) is 3.14. The molecule has 0 aliphatic rings. The Labute approximate surface area is 172 Å². The Morgan fingerprint density at radius 3 is 2.23 bits per heavy atom. The minimum atomic E-state index is -5.00. The van der Waals surface area contributed by atoms with Crippen LogP contribution in [0.5, 0.6) is 0 Å². The summed E-state index contributed by atoms with van der Waals surface area (Å²) in [5.41, 5.74) is -1.97. The number of aromatic nitrogens is 2. The number of halogens is 6. The van der Waals surface area contributed by atoms with Crippen molar-refractivity contribution in [1.29, 1.82) is 0 Å². The maximum absolute atomic E-state index is 12.9. The van der Waals surface area contributed by atoms with Crippen molar-refractivity contribution in [3.63, 3.8) is 0 Å². The summed E-state index contributed by atoms with van der Waals surface area (Å²) in [7, 11) is 0. The van der Waals surface area contributed by atoms with E-state index < -0.39 is 35.1 Å². The van der Waals surface area contributed by atoms with E-state index in [2.05, 4.69) is 15.5 Å². The number of carbonyl (C=O) groups is 1. The van der Waals surface area contributed by atoms with Crippen molar-refractivity contribution in [2.75, 3.05) is 5.32 Å². The molecule has 1 amide bonds. The van der Waals surface area contributed by atoms with E-state index in [0.717, 1.165) is 5.56 Å². The van der Waals surface area contributed by atoms with Gasteiger partial charge in [0.2, 0.25) is 17.6 Å². The van der Waals surface area contributed by atoms with Crippen LogP contribution in [0.15, 0.2) is 47.0 Å². The van der Waals surface area contributed by atoms with Crippen LogP contribution in [0.1, 0.15) is 29.0 Å². The normalized spacial score (nSPS) is 12.1. The summed E-state index contributed by atoms with van der Waals surface area (Å²) in [6.45, 7) is 1.88. The van der Waals surface area contributed by atoms with Gasteiger partial charge in [-0.25, -0.2) is 0 Å². The van der Waals surface area contributed by atoms with E-state index in [1.54, 1.807) is 12.1 Å². The third-order valence-electron chi connectivity index (χ3n) is 4.18. The van der Waals surface area contributed by atoms with E-state index in [1.807, 2.05) is 19.1 Å². The van der Waals surface area contributed by atoms with Crippen LogP contribution < -0.4 is 5.32 Å². The quantitative estimate of drug-likeness (QED) is 0.517. The number of hydrogen-bond acceptors (Lipinski definition) is 4. The predicted octanol–water partition coefficient (Wildman–Crippen LogP) is 5.65. The number of alkyl halides is 6. The van der Waals surface area contributed by atoms with Crippen molar-refractivity contribution in [1.82, 2.24) is 10.1 Å². The van der Waals surface area contributed by atoms with Crippen molar-refractivity contribution in [2.24, 2.45) is 0 Å². The standard InChI is InChI=1S/C20H15F6N3O2/c1-11-3-2-4-12(7-11)18-28-17(31-29-18)6-5-16(30)27-15-9-13(19(21,22)23)8-14(10-15)20(24,25)26/h2-4,7-10H,5-6H2,1H3,(H,27,30). The van der Waals surface area contributed by atoms with Crippen LogP contribution in [-0.4, -0.2) is 16.0 Å². The van der Waals surface area contributed by atoms with Crippen LogP contribution in [0.3, 0.4) is 0 Å². The number of nitrogens with zero attached hydrogens (tertiary/aromatic N) is 2.